The lowest BCUT2D eigenvalue weighted by Crippen LogP contribution is -2.29. The first-order valence-electron chi connectivity index (χ1n) is 10.3. The number of carbonyl (C=O) groups is 1. The van der Waals surface area contributed by atoms with Gasteiger partial charge >= 0.3 is 0 Å². The Morgan fingerprint density at radius 1 is 1.06 bits per heavy atom. The van der Waals surface area contributed by atoms with E-state index < -0.39 is 16.1 Å². The van der Waals surface area contributed by atoms with E-state index in [2.05, 4.69) is 4.72 Å². The van der Waals surface area contributed by atoms with Crippen molar-refractivity contribution in [2.75, 3.05) is 33.4 Å². The third-order valence-corrected chi connectivity index (χ3v) is 7.04. The molecule has 0 aliphatic carbocycles. The third-order valence-electron chi connectivity index (χ3n) is 5.50. The summed E-state index contributed by atoms with van der Waals surface area (Å²) in [5.74, 6) is 1.38. The molecule has 2 aliphatic rings. The predicted octanol–water partition coefficient (Wildman–Crippen LogP) is 2.74. The number of hydrogen-bond acceptors (Lipinski definition) is 6. The maximum atomic E-state index is 13.1. The van der Waals surface area contributed by atoms with Crippen molar-refractivity contribution in [3.8, 4) is 17.2 Å². The molecule has 166 valence electrons. The topological polar surface area (TPSA) is 94.2 Å². The van der Waals surface area contributed by atoms with Crippen LogP contribution in [0.1, 0.15) is 41.7 Å². The second kappa shape index (κ2) is 8.76. The highest BCUT2D eigenvalue weighted by Crippen LogP contribution is 2.33. The van der Waals surface area contributed by atoms with E-state index in [1.165, 1.54) is 25.3 Å². The van der Waals surface area contributed by atoms with Crippen molar-refractivity contribution in [2.45, 2.75) is 30.7 Å². The average molecular weight is 447 g/mol. The first kappa shape index (κ1) is 21.5. The van der Waals surface area contributed by atoms with Crippen LogP contribution in [0, 0.1) is 0 Å². The van der Waals surface area contributed by atoms with E-state index in [9.17, 15) is 13.2 Å². The van der Waals surface area contributed by atoms with Gasteiger partial charge in [-0.2, -0.15) is 0 Å². The van der Waals surface area contributed by atoms with E-state index in [1.807, 2.05) is 0 Å². The van der Waals surface area contributed by atoms with Gasteiger partial charge in [0.2, 0.25) is 10.0 Å². The number of amides is 1. The molecular formula is C22H26N2O6S. The zero-order chi connectivity index (χ0) is 22.0. The summed E-state index contributed by atoms with van der Waals surface area (Å²) in [4.78, 5) is 14.6. The fourth-order valence-corrected chi connectivity index (χ4v) is 5.07. The Morgan fingerprint density at radius 3 is 2.48 bits per heavy atom. The number of rotatable bonds is 6. The lowest BCUT2D eigenvalue weighted by atomic mass is 10.1. The van der Waals surface area contributed by atoms with Gasteiger partial charge in [-0.15, -0.1) is 0 Å². The van der Waals surface area contributed by atoms with Crippen molar-refractivity contribution in [3.63, 3.8) is 0 Å². The maximum absolute atomic E-state index is 13.1. The van der Waals surface area contributed by atoms with Crippen LogP contribution in [-0.4, -0.2) is 52.6 Å². The molecule has 1 N–H and O–H groups in total. The molecule has 2 aliphatic heterocycles. The lowest BCUT2D eigenvalue weighted by molar-refractivity contribution is 0.0789. The molecule has 1 fully saturated rings. The van der Waals surface area contributed by atoms with E-state index in [0.29, 0.717) is 43.6 Å². The second-order valence-electron chi connectivity index (χ2n) is 7.61. The van der Waals surface area contributed by atoms with Crippen molar-refractivity contribution in [2.24, 2.45) is 0 Å². The Hall–Kier alpha value is -2.78. The molecule has 1 saturated heterocycles. The van der Waals surface area contributed by atoms with Crippen molar-refractivity contribution >= 4 is 15.9 Å². The average Bonchev–Trinajstić information content (AvgIpc) is 3.32. The van der Waals surface area contributed by atoms with Crippen LogP contribution in [0.5, 0.6) is 17.2 Å². The van der Waals surface area contributed by atoms with E-state index in [1.54, 1.807) is 30.0 Å². The maximum Gasteiger partial charge on any atom is 0.257 e. The number of benzene rings is 2. The smallest absolute Gasteiger partial charge is 0.257 e. The number of sulfonamides is 1. The van der Waals surface area contributed by atoms with Gasteiger partial charge in [-0.25, -0.2) is 13.1 Å². The molecule has 4 rings (SSSR count). The lowest BCUT2D eigenvalue weighted by Gasteiger charge is -2.21. The number of nitrogens with zero attached hydrogens (tertiary/aromatic N) is 1. The zero-order valence-electron chi connectivity index (χ0n) is 17.6. The minimum absolute atomic E-state index is 0.0141. The van der Waals surface area contributed by atoms with Crippen LogP contribution in [0.3, 0.4) is 0 Å². The standard InChI is InChI=1S/C22H26N2O6S/c1-15(16-5-7-20-21(13-16)30-12-11-29-20)23-31(26,27)17-6-8-19(28-2)18(14-17)22(25)24-9-3-4-10-24/h5-8,13-15,23H,3-4,9-12H2,1-2H3. The summed E-state index contributed by atoms with van der Waals surface area (Å²) in [6.45, 7) is 4.03. The highest BCUT2D eigenvalue weighted by molar-refractivity contribution is 7.89. The number of carbonyl (C=O) groups excluding carboxylic acids is 1. The quantitative estimate of drug-likeness (QED) is 0.733. The molecule has 1 unspecified atom stereocenters. The van der Waals surface area contributed by atoms with Gasteiger partial charge in [-0.3, -0.25) is 4.79 Å². The largest absolute Gasteiger partial charge is 0.496 e. The summed E-state index contributed by atoms with van der Waals surface area (Å²) in [5, 5.41) is 0. The van der Waals surface area contributed by atoms with Crippen LogP contribution in [0.4, 0.5) is 0 Å². The second-order valence-corrected chi connectivity index (χ2v) is 9.32. The van der Waals surface area contributed by atoms with Crippen LogP contribution < -0.4 is 18.9 Å². The van der Waals surface area contributed by atoms with Gasteiger partial charge in [-0.05, 0) is 55.7 Å². The summed E-state index contributed by atoms with van der Waals surface area (Å²) >= 11 is 0. The van der Waals surface area contributed by atoms with Crippen molar-refractivity contribution in [1.29, 1.82) is 0 Å². The predicted molar refractivity (Wildman–Crippen MR) is 114 cm³/mol. The number of fused-ring (bicyclic) bond motifs is 1. The van der Waals surface area contributed by atoms with Gasteiger partial charge in [0.05, 0.1) is 17.6 Å². The summed E-state index contributed by atoms with van der Waals surface area (Å²) in [5.41, 5.74) is 0.994. The van der Waals surface area contributed by atoms with Gasteiger partial charge in [-0.1, -0.05) is 6.07 Å². The van der Waals surface area contributed by atoms with E-state index in [-0.39, 0.29) is 16.4 Å². The Kier molecular flexibility index (Phi) is 6.06. The fraction of sp³-hybridized carbons (Fsp3) is 0.409. The number of hydrogen-bond donors (Lipinski definition) is 1. The third kappa shape index (κ3) is 4.47. The summed E-state index contributed by atoms with van der Waals surface area (Å²) in [6.07, 6.45) is 1.89. The molecule has 2 aromatic carbocycles. The van der Waals surface area contributed by atoms with Crippen LogP contribution in [0.2, 0.25) is 0 Å². The zero-order valence-corrected chi connectivity index (χ0v) is 18.4. The van der Waals surface area contributed by atoms with Crippen molar-refractivity contribution in [1.82, 2.24) is 9.62 Å². The van der Waals surface area contributed by atoms with Crippen molar-refractivity contribution in [3.05, 3.63) is 47.5 Å². The molecule has 1 amide bonds. The van der Waals surface area contributed by atoms with Gasteiger partial charge in [0.1, 0.15) is 19.0 Å². The van der Waals surface area contributed by atoms with Gasteiger partial charge < -0.3 is 19.1 Å². The SMILES string of the molecule is COc1ccc(S(=O)(=O)NC(C)c2ccc3c(c2)OCCO3)cc1C(=O)N1CCCC1. The molecule has 0 saturated carbocycles. The van der Waals surface area contributed by atoms with Crippen LogP contribution >= 0.6 is 0 Å². The number of likely N-dealkylation sites (tertiary alicyclic amines) is 1. The van der Waals surface area contributed by atoms with Crippen molar-refractivity contribution < 1.29 is 27.4 Å². The van der Waals surface area contributed by atoms with Gasteiger partial charge in [0.15, 0.2) is 11.5 Å². The van der Waals surface area contributed by atoms with Gasteiger partial charge in [0.25, 0.3) is 5.91 Å². The van der Waals surface area contributed by atoms with Crippen LogP contribution in [0.25, 0.3) is 0 Å². The molecule has 31 heavy (non-hydrogen) atoms. The Labute approximate surface area is 182 Å². The summed E-state index contributed by atoms with van der Waals surface area (Å²) < 4.78 is 45.2. The molecule has 0 bridgehead atoms. The highest BCUT2D eigenvalue weighted by Gasteiger charge is 2.26. The molecule has 2 aromatic rings. The number of ether oxygens (including phenoxy) is 3. The first-order valence-corrected chi connectivity index (χ1v) is 11.8. The molecule has 0 aromatic heterocycles. The number of methoxy groups -OCH3 is 1. The summed E-state index contributed by atoms with van der Waals surface area (Å²) in [7, 11) is -2.42. The van der Waals surface area contributed by atoms with Gasteiger partial charge in [0, 0.05) is 19.1 Å². The summed E-state index contributed by atoms with van der Waals surface area (Å²) in [6, 6.07) is 9.19. The molecular weight excluding hydrogens is 420 g/mol. The number of nitrogens with one attached hydrogen (secondary N) is 1. The van der Waals surface area contributed by atoms with E-state index >= 15 is 0 Å². The van der Waals surface area contributed by atoms with E-state index in [4.69, 9.17) is 14.2 Å². The molecule has 9 heteroatoms. The van der Waals surface area contributed by atoms with Crippen LogP contribution in [-0.2, 0) is 10.0 Å². The first-order chi connectivity index (χ1) is 14.9. The molecule has 2 heterocycles. The molecule has 0 radical (unpaired) electrons. The Bertz CT molecular complexity index is 1080. The molecule has 0 spiro atoms. The van der Waals surface area contributed by atoms with Crippen LogP contribution in [0.15, 0.2) is 41.3 Å². The molecule has 8 nitrogen and oxygen atoms in total. The highest BCUT2D eigenvalue weighted by atomic mass is 32.2. The monoisotopic (exact) mass is 446 g/mol. The van der Waals surface area contributed by atoms with E-state index in [0.717, 1.165) is 18.4 Å². The normalized spacial score (nSPS) is 16.8. The molecule has 1 atom stereocenters. The fourth-order valence-electron chi connectivity index (χ4n) is 3.81. The minimum Gasteiger partial charge on any atom is -0.496 e. The Balaban J connectivity index is 1.58. The minimum atomic E-state index is -3.88. The Morgan fingerprint density at radius 2 is 1.77 bits per heavy atom.